The number of anilines is 1. The molecule has 0 atom stereocenters. The first-order valence-electron chi connectivity index (χ1n) is 11.6. The molecule has 0 N–H and O–H groups in total. The highest BCUT2D eigenvalue weighted by molar-refractivity contribution is 5.93. The number of hydrogen-bond acceptors (Lipinski definition) is 5. The lowest BCUT2D eigenvalue weighted by atomic mass is 10.0. The van der Waals surface area contributed by atoms with Gasteiger partial charge in [-0.25, -0.2) is 13.5 Å². The molecule has 8 heteroatoms. The number of fused-ring (bicyclic) bond motifs is 1. The van der Waals surface area contributed by atoms with Gasteiger partial charge in [0.15, 0.2) is 11.6 Å². The summed E-state index contributed by atoms with van der Waals surface area (Å²) < 4.78 is 34.2. The Hall–Kier alpha value is -3.78. The van der Waals surface area contributed by atoms with E-state index in [0.717, 1.165) is 56.2 Å². The summed E-state index contributed by atoms with van der Waals surface area (Å²) in [5.74, 6) is -1.04. The Morgan fingerprint density at radius 3 is 2.40 bits per heavy atom. The molecule has 1 fully saturated rings. The third-order valence-electron chi connectivity index (χ3n) is 6.42. The minimum Gasteiger partial charge on any atom is -0.497 e. The van der Waals surface area contributed by atoms with E-state index < -0.39 is 11.6 Å². The minimum atomic E-state index is -0.947. The van der Waals surface area contributed by atoms with Crippen molar-refractivity contribution in [3.8, 4) is 17.0 Å². The van der Waals surface area contributed by atoms with Crippen molar-refractivity contribution < 1.29 is 13.5 Å². The van der Waals surface area contributed by atoms with E-state index in [-0.39, 0.29) is 5.56 Å². The molecule has 180 valence electrons. The van der Waals surface area contributed by atoms with Gasteiger partial charge in [0.25, 0.3) is 5.56 Å². The summed E-state index contributed by atoms with van der Waals surface area (Å²) in [6.45, 7) is 3.60. The highest BCUT2D eigenvalue weighted by Crippen LogP contribution is 2.26. The zero-order valence-corrected chi connectivity index (χ0v) is 19.5. The SMILES string of the molecule is COc1ccc(N2CCCN(Cn3nc(-c4ccc(F)c(F)c4)c4ccccc4c3=O)CC2)cc1. The molecule has 0 aliphatic carbocycles. The van der Waals surface area contributed by atoms with Crippen molar-refractivity contribution in [2.24, 2.45) is 0 Å². The fourth-order valence-electron chi connectivity index (χ4n) is 4.54. The van der Waals surface area contributed by atoms with Crippen LogP contribution in [0.5, 0.6) is 5.75 Å². The first-order valence-corrected chi connectivity index (χ1v) is 11.6. The van der Waals surface area contributed by atoms with Crippen LogP contribution in [0.3, 0.4) is 0 Å². The van der Waals surface area contributed by atoms with Crippen LogP contribution >= 0.6 is 0 Å². The number of halogens is 2. The second kappa shape index (κ2) is 9.84. The van der Waals surface area contributed by atoms with Gasteiger partial charge in [0.2, 0.25) is 0 Å². The summed E-state index contributed by atoms with van der Waals surface area (Å²) in [4.78, 5) is 17.8. The maximum atomic E-state index is 14.0. The quantitative estimate of drug-likeness (QED) is 0.424. The lowest BCUT2D eigenvalue weighted by Gasteiger charge is -2.24. The average Bonchev–Trinajstić information content (AvgIpc) is 3.13. The molecule has 35 heavy (non-hydrogen) atoms. The lowest BCUT2D eigenvalue weighted by Crippen LogP contribution is -2.36. The minimum absolute atomic E-state index is 0.205. The molecule has 0 amide bonds. The van der Waals surface area contributed by atoms with E-state index in [2.05, 4.69) is 27.0 Å². The number of aromatic nitrogens is 2. The summed E-state index contributed by atoms with van der Waals surface area (Å²) in [6.07, 6.45) is 0.935. The van der Waals surface area contributed by atoms with E-state index in [0.29, 0.717) is 28.7 Å². The molecule has 6 nitrogen and oxygen atoms in total. The van der Waals surface area contributed by atoms with Gasteiger partial charge in [0.05, 0.1) is 24.9 Å². The molecule has 2 heterocycles. The van der Waals surface area contributed by atoms with Crippen LogP contribution in [-0.4, -0.2) is 48.0 Å². The Morgan fingerprint density at radius 1 is 0.886 bits per heavy atom. The standard InChI is InChI=1S/C27H26F2N4O2/c1-35-21-10-8-20(9-11-21)32-14-4-13-31(15-16-32)18-33-27(34)23-6-3-2-5-22(23)26(30-33)19-7-12-24(28)25(29)17-19/h2-3,5-12,17H,4,13-16,18H2,1H3. The topological polar surface area (TPSA) is 50.6 Å². The van der Waals surface area contributed by atoms with Crippen LogP contribution in [0.15, 0.2) is 71.5 Å². The third kappa shape index (κ3) is 4.74. The first-order chi connectivity index (χ1) is 17.0. The van der Waals surface area contributed by atoms with E-state index in [9.17, 15) is 13.6 Å². The van der Waals surface area contributed by atoms with Gasteiger partial charge >= 0.3 is 0 Å². The number of ether oxygens (including phenoxy) is 1. The van der Waals surface area contributed by atoms with Crippen molar-refractivity contribution >= 4 is 16.5 Å². The van der Waals surface area contributed by atoms with Crippen LogP contribution in [0.25, 0.3) is 22.0 Å². The molecule has 4 aromatic rings. The molecule has 1 saturated heterocycles. The molecular formula is C27H26F2N4O2. The van der Waals surface area contributed by atoms with Crippen molar-refractivity contribution in [1.29, 1.82) is 0 Å². The maximum Gasteiger partial charge on any atom is 0.275 e. The molecule has 5 rings (SSSR count). The molecule has 1 aliphatic rings. The number of rotatable bonds is 5. The monoisotopic (exact) mass is 476 g/mol. The van der Waals surface area contributed by atoms with Crippen molar-refractivity contribution in [2.75, 3.05) is 38.2 Å². The fraction of sp³-hybridized carbons (Fsp3) is 0.259. The summed E-state index contributed by atoms with van der Waals surface area (Å²) in [5.41, 5.74) is 1.81. The van der Waals surface area contributed by atoms with Crippen LogP contribution in [0.2, 0.25) is 0 Å². The maximum absolute atomic E-state index is 14.0. The van der Waals surface area contributed by atoms with Gasteiger partial charge < -0.3 is 9.64 Å². The van der Waals surface area contributed by atoms with Gasteiger partial charge in [-0.15, -0.1) is 0 Å². The van der Waals surface area contributed by atoms with E-state index in [4.69, 9.17) is 4.74 Å². The highest BCUT2D eigenvalue weighted by atomic mass is 19.2. The summed E-state index contributed by atoms with van der Waals surface area (Å²) >= 11 is 0. The number of hydrogen-bond donors (Lipinski definition) is 0. The largest absolute Gasteiger partial charge is 0.497 e. The molecule has 1 aromatic heterocycles. The van der Waals surface area contributed by atoms with Gasteiger partial charge in [-0.3, -0.25) is 9.69 Å². The number of nitrogens with zero attached hydrogens (tertiary/aromatic N) is 4. The Labute approximate surface area is 202 Å². The average molecular weight is 477 g/mol. The number of benzene rings is 3. The van der Waals surface area contributed by atoms with E-state index in [1.807, 2.05) is 12.1 Å². The zero-order valence-electron chi connectivity index (χ0n) is 19.5. The van der Waals surface area contributed by atoms with Crippen LogP contribution in [-0.2, 0) is 6.67 Å². The first kappa shape index (κ1) is 23.0. The van der Waals surface area contributed by atoms with Crippen molar-refractivity contribution in [2.45, 2.75) is 13.1 Å². The van der Waals surface area contributed by atoms with Gasteiger partial charge in [-0.05, 0) is 55.0 Å². The van der Waals surface area contributed by atoms with Crippen LogP contribution in [0.1, 0.15) is 6.42 Å². The normalized spacial score (nSPS) is 14.8. The van der Waals surface area contributed by atoms with Crippen LogP contribution < -0.4 is 15.2 Å². The van der Waals surface area contributed by atoms with Gasteiger partial charge in [0.1, 0.15) is 5.75 Å². The predicted molar refractivity (Wildman–Crippen MR) is 133 cm³/mol. The highest BCUT2D eigenvalue weighted by Gasteiger charge is 2.19. The summed E-state index contributed by atoms with van der Waals surface area (Å²) in [7, 11) is 1.65. The Bertz CT molecular complexity index is 1400. The lowest BCUT2D eigenvalue weighted by molar-refractivity contribution is 0.217. The third-order valence-corrected chi connectivity index (χ3v) is 6.42. The van der Waals surface area contributed by atoms with Crippen LogP contribution in [0, 0.1) is 11.6 Å². The summed E-state index contributed by atoms with van der Waals surface area (Å²) in [6, 6.07) is 18.8. The van der Waals surface area contributed by atoms with E-state index in [1.54, 1.807) is 31.4 Å². The number of methoxy groups -OCH3 is 1. The molecule has 0 saturated carbocycles. The molecular weight excluding hydrogens is 450 g/mol. The molecule has 0 spiro atoms. The Morgan fingerprint density at radius 2 is 1.66 bits per heavy atom. The van der Waals surface area contributed by atoms with Gasteiger partial charge in [-0.1, -0.05) is 18.2 Å². The Balaban J connectivity index is 1.42. The van der Waals surface area contributed by atoms with Crippen molar-refractivity contribution in [3.63, 3.8) is 0 Å². The zero-order chi connectivity index (χ0) is 24.4. The van der Waals surface area contributed by atoms with Crippen molar-refractivity contribution in [1.82, 2.24) is 14.7 Å². The molecule has 0 bridgehead atoms. The summed E-state index contributed by atoms with van der Waals surface area (Å²) in [5, 5.41) is 5.72. The molecule has 1 aliphatic heterocycles. The fourth-order valence-corrected chi connectivity index (χ4v) is 4.54. The Kier molecular flexibility index (Phi) is 6.46. The molecule has 0 unspecified atom stereocenters. The second-order valence-corrected chi connectivity index (χ2v) is 8.63. The predicted octanol–water partition coefficient (Wildman–Crippen LogP) is 4.52. The smallest absolute Gasteiger partial charge is 0.275 e. The van der Waals surface area contributed by atoms with Gasteiger partial charge in [0, 0.05) is 42.8 Å². The van der Waals surface area contributed by atoms with E-state index in [1.165, 1.54) is 10.7 Å². The van der Waals surface area contributed by atoms with Crippen molar-refractivity contribution in [3.05, 3.63) is 88.7 Å². The van der Waals surface area contributed by atoms with E-state index >= 15 is 0 Å². The van der Waals surface area contributed by atoms with Gasteiger partial charge in [-0.2, -0.15) is 5.10 Å². The second-order valence-electron chi connectivity index (χ2n) is 8.63. The van der Waals surface area contributed by atoms with Crippen LogP contribution in [0.4, 0.5) is 14.5 Å². The molecule has 3 aromatic carbocycles. The molecule has 0 radical (unpaired) electrons.